The van der Waals surface area contributed by atoms with Gasteiger partial charge in [-0.15, -0.1) is 11.3 Å². The van der Waals surface area contributed by atoms with Gasteiger partial charge in [0, 0.05) is 42.2 Å². The second kappa shape index (κ2) is 6.67. The summed E-state index contributed by atoms with van der Waals surface area (Å²) < 4.78 is 0.934. The molecule has 0 aromatic carbocycles. The van der Waals surface area contributed by atoms with Crippen molar-refractivity contribution >= 4 is 44.9 Å². The van der Waals surface area contributed by atoms with Crippen LogP contribution in [0.25, 0.3) is 0 Å². The molecule has 1 aliphatic heterocycles. The first-order chi connectivity index (χ1) is 11.0. The molecule has 0 bridgehead atoms. The Morgan fingerprint density at radius 2 is 1.96 bits per heavy atom. The topological polar surface area (TPSA) is 79.5 Å². The van der Waals surface area contributed by atoms with Crippen molar-refractivity contribution < 1.29 is 9.59 Å². The summed E-state index contributed by atoms with van der Waals surface area (Å²) in [7, 11) is 0. The van der Waals surface area contributed by atoms with Gasteiger partial charge in [-0.1, -0.05) is 0 Å². The van der Waals surface area contributed by atoms with Gasteiger partial charge < -0.3 is 15.5 Å². The maximum absolute atomic E-state index is 12.4. The van der Waals surface area contributed by atoms with E-state index in [1.165, 1.54) is 17.5 Å². The first-order valence-corrected chi connectivity index (χ1v) is 8.76. The Balaban J connectivity index is 1.61. The van der Waals surface area contributed by atoms with E-state index in [1.807, 2.05) is 16.3 Å². The zero-order valence-corrected chi connectivity index (χ0v) is 14.6. The third-order valence-corrected chi connectivity index (χ3v) is 5.38. The quantitative estimate of drug-likeness (QED) is 0.862. The normalized spacial score (nSPS) is 14.8. The molecule has 0 unspecified atom stereocenters. The maximum Gasteiger partial charge on any atom is 0.264 e. The van der Waals surface area contributed by atoms with Crippen molar-refractivity contribution in [3.05, 3.63) is 44.7 Å². The fraction of sp³-hybridized carbons (Fsp3) is 0.267. The highest BCUT2D eigenvalue weighted by atomic mass is 79.9. The van der Waals surface area contributed by atoms with Crippen LogP contribution in [0, 0.1) is 0 Å². The molecule has 1 aliphatic rings. The van der Waals surface area contributed by atoms with Crippen LogP contribution in [-0.4, -0.2) is 47.9 Å². The summed E-state index contributed by atoms with van der Waals surface area (Å²) in [6.07, 6.45) is 1.48. The number of piperazine rings is 1. The Hall–Kier alpha value is -1.93. The minimum atomic E-state index is -0.485. The molecule has 23 heavy (non-hydrogen) atoms. The summed E-state index contributed by atoms with van der Waals surface area (Å²) in [5.41, 5.74) is 5.61. The van der Waals surface area contributed by atoms with E-state index in [0.717, 1.165) is 15.2 Å². The Bertz CT molecular complexity index is 723. The third kappa shape index (κ3) is 3.53. The molecule has 0 aliphatic carbocycles. The number of aromatic nitrogens is 1. The molecule has 0 spiro atoms. The van der Waals surface area contributed by atoms with Crippen molar-refractivity contribution in [3.63, 3.8) is 0 Å². The Morgan fingerprint density at radius 3 is 2.48 bits per heavy atom. The van der Waals surface area contributed by atoms with Gasteiger partial charge in [0.25, 0.3) is 5.91 Å². The van der Waals surface area contributed by atoms with Crippen molar-refractivity contribution in [2.45, 2.75) is 0 Å². The fourth-order valence-corrected chi connectivity index (χ4v) is 3.83. The largest absolute Gasteiger partial charge is 0.366 e. The average molecular weight is 395 g/mol. The third-order valence-electron chi connectivity index (χ3n) is 3.70. The van der Waals surface area contributed by atoms with Gasteiger partial charge in [0.15, 0.2) is 0 Å². The Labute approximate surface area is 146 Å². The summed E-state index contributed by atoms with van der Waals surface area (Å²) >= 11 is 4.82. The number of carbonyl (C=O) groups is 2. The molecule has 2 N–H and O–H groups in total. The van der Waals surface area contributed by atoms with E-state index in [9.17, 15) is 9.59 Å². The van der Waals surface area contributed by atoms with Crippen LogP contribution >= 0.6 is 27.3 Å². The standard InChI is InChI=1S/C15H15BrN4O2S/c16-11-7-12(23-9-11)15(22)20-5-3-19(4-6-20)13-2-1-10(8-18-13)14(17)21/h1-2,7-9H,3-6H2,(H2,17,21). The zero-order chi connectivity index (χ0) is 16.4. The first-order valence-electron chi connectivity index (χ1n) is 7.09. The summed E-state index contributed by atoms with van der Waals surface area (Å²) in [6.45, 7) is 2.71. The van der Waals surface area contributed by atoms with Crippen molar-refractivity contribution in [1.82, 2.24) is 9.88 Å². The fourth-order valence-electron chi connectivity index (χ4n) is 2.44. The molecule has 0 saturated carbocycles. The molecule has 2 aromatic heterocycles. The molecule has 8 heteroatoms. The second-order valence-corrected chi connectivity index (χ2v) is 7.00. The van der Waals surface area contributed by atoms with Crippen LogP contribution in [-0.2, 0) is 0 Å². The molecule has 1 fully saturated rings. The van der Waals surface area contributed by atoms with Gasteiger partial charge in [0.1, 0.15) is 5.82 Å². The van der Waals surface area contributed by atoms with Crippen molar-refractivity contribution in [2.24, 2.45) is 5.73 Å². The predicted molar refractivity (Wildman–Crippen MR) is 92.9 cm³/mol. The van der Waals surface area contributed by atoms with E-state index in [1.54, 1.807) is 12.1 Å². The smallest absolute Gasteiger partial charge is 0.264 e. The van der Waals surface area contributed by atoms with Crippen molar-refractivity contribution in [3.8, 4) is 0 Å². The van der Waals surface area contributed by atoms with Gasteiger partial charge in [-0.25, -0.2) is 4.98 Å². The SMILES string of the molecule is NC(=O)c1ccc(N2CCN(C(=O)c3cc(Br)cs3)CC2)nc1. The molecular weight excluding hydrogens is 380 g/mol. The van der Waals surface area contributed by atoms with Crippen LogP contribution in [0.3, 0.4) is 0 Å². The Morgan fingerprint density at radius 1 is 1.22 bits per heavy atom. The van der Waals surface area contributed by atoms with Gasteiger partial charge in [-0.2, -0.15) is 0 Å². The van der Waals surface area contributed by atoms with Gasteiger partial charge in [-0.3, -0.25) is 9.59 Å². The number of carbonyl (C=O) groups excluding carboxylic acids is 2. The molecule has 6 nitrogen and oxygen atoms in total. The number of thiophene rings is 1. The van der Waals surface area contributed by atoms with Gasteiger partial charge >= 0.3 is 0 Å². The number of pyridine rings is 1. The molecule has 0 radical (unpaired) electrons. The predicted octanol–water partition coefficient (Wildman–Crippen LogP) is 1.97. The molecule has 3 rings (SSSR count). The van der Waals surface area contributed by atoms with E-state index in [0.29, 0.717) is 31.7 Å². The molecule has 2 amide bonds. The van der Waals surface area contributed by atoms with Gasteiger partial charge in [-0.05, 0) is 34.1 Å². The lowest BCUT2D eigenvalue weighted by atomic mass is 10.2. The Kier molecular flexibility index (Phi) is 4.63. The number of primary amides is 1. The van der Waals surface area contributed by atoms with Crippen LogP contribution in [0.2, 0.25) is 0 Å². The van der Waals surface area contributed by atoms with Crippen LogP contribution in [0.4, 0.5) is 5.82 Å². The number of hydrogen-bond donors (Lipinski definition) is 1. The van der Waals surface area contributed by atoms with E-state index < -0.39 is 5.91 Å². The van der Waals surface area contributed by atoms with Crippen LogP contribution < -0.4 is 10.6 Å². The number of nitrogens with two attached hydrogens (primary N) is 1. The van der Waals surface area contributed by atoms with Crippen molar-refractivity contribution in [2.75, 3.05) is 31.1 Å². The first kappa shape index (κ1) is 15.9. The second-order valence-electron chi connectivity index (χ2n) is 5.18. The van der Waals surface area contributed by atoms with Gasteiger partial charge in [0.05, 0.1) is 10.4 Å². The van der Waals surface area contributed by atoms with E-state index in [4.69, 9.17) is 5.73 Å². The summed E-state index contributed by atoms with van der Waals surface area (Å²) in [5.74, 6) is 0.375. The average Bonchev–Trinajstić information content (AvgIpc) is 3.01. The number of hydrogen-bond acceptors (Lipinski definition) is 5. The summed E-state index contributed by atoms with van der Waals surface area (Å²) in [5, 5.41) is 1.91. The van der Waals surface area contributed by atoms with Crippen LogP contribution in [0.5, 0.6) is 0 Å². The lowest BCUT2D eigenvalue weighted by Gasteiger charge is -2.35. The highest BCUT2D eigenvalue weighted by molar-refractivity contribution is 9.10. The highest BCUT2D eigenvalue weighted by Gasteiger charge is 2.23. The summed E-state index contributed by atoms with van der Waals surface area (Å²) in [4.78, 5) is 32.4. The molecule has 3 heterocycles. The lowest BCUT2D eigenvalue weighted by Crippen LogP contribution is -2.48. The number of amides is 2. The zero-order valence-electron chi connectivity index (χ0n) is 12.2. The minimum Gasteiger partial charge on any atom is -0.366 e. The van der Waals surface area contributed by atoms with Crippen molar-refractivity contribution in [1.29, 1.82) is 0 Å². The molecule has 2 aromatic rings. The number of rotatable bonds is 3. The number of halogens is 1. The molecular formula is C15H15BrN4O2S. The van der Waals surface area contributed by atoms with Crippen LogP contribution in [0.1, 0.15) is 20.0 Å². The lowest BCUT2D eigenvalue weighted by molar-refractivity contribution is 0.0751. The molecule has 1 saturated heterocycles. The number of nitrogens with zero attached hydrogens (tertiary/aromatic N) is 3. The molecule has 120 valence electrons. The maximum atomic E-state index is 12.4. The van der Waals surface area contributed by atoms with Gasteiger partial charge in [0.2, 0.25) is 5.91 Å². The highest BCUT2D eigenvalue weighted by Crippen LogP contribution is 2.22. The number of anilines is 1. The van der Waals surface area contributed by atoms with E-state index in [2.05, 4.69) is 25.8 Å². The van der Waals surface area contributed by atoms with Crippen LogP contribution in [0.15, 0.2) is 34.2 Å². The minimum absolute atomic E-state index is 0.0670. The summed E-state index contributed by atoms with van der Waals surface area (Å²) in [6, 6.07) is 5.31. The van der Waals surface area contributed by atoms with E-state index in [-0.39, 0.29) is 5.91 Å². The van der Waals surface area contributed by atoms with E-state index >= 15 is 0 Å². The molecule has 0 atom stereocenters. The monoisotopic (exact) mass is 394 g/mol.